The third-order valence-corrected chi connectivity index (χ3v) is 3.69. The molecular formula is C14H18ClN5O. The Balaban J connectivity index is 0.00000161. The molecule has 0 saturated heterocycles. The minimum absolute atomic E-state index is 0. The first-order valence-electron chi connectivity index (χ1n) is 6.77. The molecule has 2 aromatic rings. The van der Waals surface area contributed by atoms with Gasteiger partial charge in [-0.2, -0.15) is 15.0 Å². The highest BCUT2D eigenvalue weighted by Gasteiger charge is 2.30. The Kier molecular flexibility index (Phi) is 4.93. The van der Waals surface area contributed by atoms with Gasteiger partial charge >= 0.3 is 0 Å². The number of benzene rings is 1. The number of anilines is 1. The number of nitrogens with one attached hydrogen (secondary N) is 1. The normalized spacial score (nSPS) is 20.8. The van der Waals surface area contributed by atoms with Gasteiger partial charge in [-0.15, -0.1) is 12.4 Å². The fourth-order valence-electron chi connectivity index (χ4n) is 2.58. The highest BCUT2D eigenvalue weighted by atomic mass is 35.5. The van der Waals surface area contributed by atoms with Crippen molar-refractivity contribution in [3.05, 3.63) is 36.7 Å². The molecule has 0 radical (unpaired) electrons. The quantitative estimate of drug-likeness (QED) is 0.904. The van der Waals surface area contributed by atoms with Gasteiger partial charge in [0, 0.05) is 11.7 Å². The average Bonchev–Trinajstić information content (AvgIpc) is 3.10. The van der Waals surface area contributed by atoms with Gasteiger partial charge in [0.25, 0.3) is 0 Å². The summed E-state index contributed by atoms with van der Waals surface area (Å²) < 4.78 is 0. The van der Waals surface area contributed by atoms with Crippen LogP contribution in [0, 0.1) is 5.92 Å². The number of aromatic nitrogens is 3. The Bertz CT molecular complexity index is 584. The van der Waals surface area contributed by atoms with E-state index in [2.05, 4.69) is 15.5 Å². The van der Waals surface area contributed by atoms with E-state index in [0.717, 1.165) is 30.6 Å². The predicted octanol–water partition coefficient (Wildman–Crippen LogP) is 1.75. The number of carbonyl (C=O) groups excluding carboxylic acids is 1. The Morgan fingerprint density at radius 3 is 2.43 bits per heavy atom. The summed E-state index contributed by atoms with van der Waals surface area (Å²) in [5, 5.41) is 11.0. The maximum atomic E-state index is 12.1. The van der Waals surface area contributed by atoms with Gasteiger partial charge in [0.1, 0.15) is 0 Å². The van der Waals surface area contributed by atoms with E-state index < -0.39 is 0 Å². The number of amides is 1. The largest absolute Gasteiger partial charge is 0.327 e. The molecule has 1 saturated carbocycles. The molecule has 112 valence electrons. The van der Waals surface area contributed by atoms with E-state index >= 15 is 0 Å². The van der Waals surface area contributed by atoms with Crippen molar-refractivity contribution in [2.45, 2.75) is 25.3 Å². The van der Waals surface area contributed by atoms with Gasteiger partial charge in [0.2, 0.25) is 5.91 Å². The van der Waals surface area contributed by atoms with Crippen LogP contribution in [0.3, 0.4) is 0 Å². The van der Waals surface area contributed by atoms with Crippen LogP contribution in [0.15, 0.2) is 36.7 Å². The second-order valence-electron chi connectivity index (χ2n) is 5.06. The van der Waals surface area contributed by atoms with Crippen LogP contribution in [-0.4, -0.2) is 26.9 Å². The van der Waals surface area contributed by atoms with Crippen LogP contribution in [0.4, 0.5) is 5.69 Å². The Morgan fingerprint density at radius 1 is 1.19 bits per heavy atom. The smallest absolute Gasteiger partial charge is 0.229 e. The summed E-state index contributed by atoms with van der Waals surface area (Å²) in [5.41, 5.74) is 7.56. The zero-order valence-corrected chi connectivity index (χ0v) is 12.3. The molecule has 7 heteroatoms. The summed E-state index contributed by atoms with van der Waals surface area (Å²) in [5.74, 6) is -0.0533. The number of carbonyl (C=O) groups is 1. The zero-order valence-electron chi connectivity index (χ0n) is 11.5. The lowest BCUT2D eigenvalue weighted by atomic mass is 10.0. The van der Waals surface area contributed by atoms with Crippen LogP contribution < -0.4 is 11.1 Å². The highest BCUT2D eigenvalue weighted by Crippen LogP contribution is 2.25. The molecule has 6 nitrogen and oxygen atoms in total. The lowest BCUT2D eigenvalue weighted by Crippen LogP contribution is -2.34. The van der Waals surface area contributed by atoms with Gasteiger partial charge < -0.3 is 11.1 Å². The third-order valence-electron chi connectivity index (χ3n) is 3.69. The molecule has 1 aliphatic rings. The van der Waals surface area contributed by atoms with Crippen molar-refractivity contribution < 1.29 is 4.79 Å². The molecule has 0 aliphatic heterocycles. The van der Waals surface area contributed by atoms with Crippen molar-refractivity contribution in [3.8, 4) is 5.69 Å². The van der Waals surface area contributed by atoms with E-state index in [-0.39, 0.29) is 30.3 Å². The van der Waals surface area contributed by atoms with Crippen molar-refractivity contribution in [1.29, 1.82) is 0 Å². The van der Waals surface area contributed by atoms with E-state index in [9.17, 15) is 4.79 Å². The fourth-order valence-corrected chi connectivity index (χ4v) is 2.58. The number of rotatable bonds is 3. The molecule has 1 amide bonds. The van der Waals surface area contributed by atoms with E-state index in [1.165, 1.54) is 4.80 Å². The standard InChI is InChI=1S/C14H17N5O.ClH/c15-13-3-1-2-12(13)14(20)18-10-4-6-11(7-5-10)19-16-8-9-17-19;/h4-9,12-13H,1-3,15H2,(H,18,20);1H. The van der Waals surface area contributed by atoms with Crippen molar-refractivity contribution >= 4 is 24.0 Å². The topological polar surface area (TPSA) is 85.8 Å². The minimum atomic E-state index is -0.0672. The van der Waals surface area contributed by atoms with E-state index in [1.54, 1.807) is 12.4 Å². The molecule has 1 aromatic heterocycles. The van der Waals surface area contributed by atoms with Crippen LogP contribution >= 0.6 is 12.4 Å². The van der Waals surface area contributed by atoms with Crippen LogP contribution in [0.25, 0.3) is 5.69 Å². The number of nitrogens with zero attached hydrogens (tertiary/aromatic N) is 3. The lowest BCUT2D eigenvalue weighted by Gasteiger charge is -2.15. The second kappa shape index (κ2) is 6.69. The first-order chi connectivity index (χ1) is 9.74. The van der Waals surface area contributed by atoms with Crippen molar-refractivity contribution in [2.75, 3.05) is 5.32 Å². The molecule has 0 bridgehead atoms. The van der Waals surface area contributed by atoms with Crippen molar-refractivity contribution in [1.82, 2.24) is 15.0 Å². The van der Waals surface area contributed by atoms with Gasteiger partial charge in [0.05, 0.1) is 24.0 Å². The van der Waals surface area contributed by atoms with Crippen LogP contribution in [-0.2, 0) is 4.79 Å². The summed E-state index contributed by atoms with van der Waals surface area (Å²) in [6.45, 7) is 0. The molecular weight excluding hydrogens is 290 g/mol. The maximum absolute atomic E-state index is 12.1. The Morgan fingerprint density at radius 2 is 1.86 bits per heavy atom. The Hall–Kier alpha value is -1.92. The molecule has 3 rings (SSSR count). The van der Waals surface area contributed by atoms with Crippen molar-refractivity contribution in [2.24, 2.45) is 11.7 Å². The van der Waals surface area contributed by atoms with Gasteiger partial charge in [-0.05, 0) is 37.1 Å². The van der Waals surface area contributed by atoms with Crippen LogP contribution in [0.5, 0.6) is 0 Å². The molecule has 2 unspecified atom stereocenters. The van der Waals surface area contributed by atoms with E-state index in [1.807, 2.05) is 24.3 Å². The monoisotopic (exact) mass is 307 g/mol. The molecule has 0 spiro atoms. The van der Waals surface area contributed by atoms with E-state index in [4.69, 9.17) is 5.73 Å². The number of hydrogen-bond donors (Lipinski definition) is 2. The van der Waals surface area contributed by atoms with Gasteiger partial charge in [0.15, 0.2) is 0 Å². The van der Waals surface area contributed by atoms with Gasteiger partial charge in [-0.25, -0.2) is 0 Å². The summed E-state index contributed by atoms with van der Waals surface area (Å²) in [4.78, 5) is 13.6. The molecule has 1 aromatic carbocycles. The van der Waals surface area contributed by atoms with Crippen LogP contribution in [0.1, 0.15) is 19.3 Å². The second-order valence-corrected chi connectivity index (χ2v) is 5.06. The highest BCUT2D eigenvalue weighted by molar-refractivity contribution is 5.93. The lowest BCUT2D eigenvalue weighted by molar-refractivity contribution is -0.120. The zero-order chi connectivity index (χ0) is 13.9. The first kappa shape index (κ1) is 15.5. The molecule has 2 atom stereocenters. The summed E-state index contributed by atoms with van der Waals surface area (Å²) in [6.07, 6.45) is 6.09. The first-order valence-corrected chi connectivity index (χ1v) is 6.77. The predicted molar refractivity (Wildman–Crippen MR) is 82.6 cm³/mol. The SMILES string of the molecule is Cl.NC1CCCC1C(=O)Nc1ccc(-n2nccn2)cc1. The van der Waals surface area contributed by atoms with Crippen molar-refractivity contribution in [3.63, 3.8) is 0 Å². The summed E-state index contributed by atoms with van der Waals surface area (Å²) in [7, 11) is 0. The molecule has 3 N–H and O–H groups in total. The van der Waals surface area contributed by atoms with Crippen LogP contribution in [0.2, 0.25) is 0 Å². The molecule has 1 aliphatic carbocycles. The molecule has 1 heterocycles. The number of nitrogens with two attached hydrogens (primary N) is 1. The number of hydrogen-bond acceptors (Lipinski definition) is 4. The molecule has 21 heavy (non-hydrogen) atoms. The molecule has 1 fully saturated rings. The van der Waals surface area contributed by atoms with Gasteiger partial charge in [-0.1, -0.05) is 6.42 Å². The summed E-state index contributed by atoms with van der Waals surface area (Å²) in [6, 6.07) is 7.41. The minimum Gasteiger partial charge on any atom is -0.327 e. The van der Waals surface area contributed by atoms with Gasteiger partial charge in [-0.3, -0.25) is 4.79 Å². The average molecular weight is 308 g/mol. The summed E-state index contributed by atoms with van der Waals surface area (Å²) >= 11 is 0. The van der Waals surface area contributed by atoms with E-state index in [0.29, 0.717) is 0 Å². The number of halogens is 1. The third kappa shape index (κ3) is 3.40. The maximum Gasteiger partial charge on any atom is 0.229 e. The Labute approximate surface area is 129 Å². The fraction of sp³-hybridized carbons (Fsp3) is 0.357.